The van der Waals surface area contributed by atoms with Crippen molar-refractivity contribution in [1.29, 1.82) is 0 Å². The fourth-order valence-corrected chi connectivity index (χ4v) is 1.76. The third kappa shape index (κ3) is 3.46. The van der Waals surface area contributed by atoms with Crippen LogP contribution >= 0.6 is 0 Å². The van der Waals surface area contributed by atoms with Crippen LogP contribution < -0.4 is 15.2 Å². The van der Waals surface area contributed by atoms with Gasteiger partial charge in [-0.2, -0.15) is 0 Å². The summed E-state index contributed by atoms with van der Waals surface area (Å²) in [6.45, 7) is 3.85. The zero-order valence-corrected chi connectivity index (χ0v) is 10.7. The Labute approximate surface area is 102 Å². The van der Waals surface area contributed by atoms with E-state index >= 15 is 0 Å². The summed E-state index contributed by atoms with van der Waals surface area (Å²) in [6.07, 6.45) is 1.39. The molecule has 94 valence electrons. The molecule has 1 rings (SSSR count). The van der Waals surface area contributed by atoms with Crippen LogP contribution in [0.5, 0.6) is 11.5 Å². The number of rotatable bonds is 5. The van der Waals surface area contributed by atoms with E-state index < -0.39 is 0 Å². The molecule has 0 heterocycles. The van der Waals surface area contributed by atoms with E-state index in [4.69, 9.17) is 15.2 Å². The fraction of sp³-hybridized carbons (Fsp3) is 0.462. The molecule has 0 radical (unpaired) electrons. The Kier molecular flexibility index (Phi) is 4.12. The Morgan fingerprint density at radius 1 is 1.29 bits per heavy atom. The van der Waals surface area contributed by atoms with E-state index in [1.807, 2.05) is 13.8 Å². The van der Waals surface area contributed by atoms with Crippen molar-refractivity contribution in [1.82, 2.24) is 0 Å². The second-order valence-electron chi connectivity index (χ2n) is 4.70. The largest absolute Gasteiger partial charge is 0.493 e. The molecule has 4 nitrogen and oxygen atoms in total. The van der Waals surface area contributed by atoms with Gasteiger partial charge in [0, 0.05) is 16.7 Å². The molecule has 0 aromatic heterocycles. The number of ether oxygens (including phenoxy) is 2. The van der Waals surface area contributed by atoms with Gasteiger partial charge in [-0.25, -0.2) is 0 Å². The van der Waals surface area contributed by atoms with Gasteiger partial charge >= 0.3 is 0 Å². The number of aldehydes is 1. The topological polar surface area (TPSA) is 61.5 Å². The summed E-state index contributed by atoms with van der Waals surface area (Å²) in [7, 11) is 3.12. The van der Waals surface area contributed by atoms with Crippen molar-refractivity contribution in [3.63, 3.8) is 0 Å². The fourth-order valence-electron chi connectivity index (χ4n) is 1.76. The Bertz CT molecular complexity index is 408. The van der Waals surface area contributed by atoms with Gasteiger partial charge in [-0.15, -0.1) is 0 Å². The van der Waals surface area contributed by atoms with Gasteiger partial charge < -0.3 is 15.2 Å². The Hall–Kier alpha value is -1.55. The summed E-state index contributed by atoms with van der Waals surface area (Å²) in [5.41, 5.74) is 7.05. The van der Waals surface area contributed by atoms with Gasteiger partial charge in [0.05, 0.1) is 14.2 Å². The summed E-state index contributed by atoms with van der Waals surface area (Å²) in [5, 5.41) is 0. The summed E-state index contributed by atoms with van der Waals surface area (Å²) in [5.74, 6) is 1.19. The van der Waals surface area contributed by atoms with Crippen LogP contribution in [0.15, 0.2) is 12.1 Å². The lowest BCUT2D eigenvalue weighted by molar-refractivity contribution is 0.112. The predicted octanol–water partition coefficient (Wildman–Crippen LogP) is 1.80. The van der Waals surface area contributed by atoms with E-state index in [1.165, 1.54) is 0 Å². The van der Waals surface area contributed by atoms with Crippen molar-refractivity contribution in [2.45, 2.75) is 25.8 Å². The van der Waals surface area contributed by atoms with Crippen LogP contribution in [0.3, 0.4) is 0 Å². The maximum atomic E-state index is 10.9. The normalized spacial score (nSPS) is 11.1. The van der Waals surface area contributed by atoms with E-state index in [9.17, 15) is 4.79 Å². The lowest BCUT2D eigenvalue weighted by atomic mass is 9.94. The van der Waals surface area contributed by atoms with Crippen molar-refractivity contribution in [2.75, 3.05) is 14.2 Å². The van der Waals surface area contributed by atoms with E-state index in [0.29, 0.717) is 23.5 Å². The molecule has 0 aliphatic heterocycles. The van der Waals surface area contributed by atoms with E-state index in [2.05, 4.69) is 0 Å². The van der Waals surface area contributed by atoms with Gasteiger partial charge in [-0.1, -0.05) is 0 Å². The Morgan fingerprint density at radius 2 is 1.94 bits per heavy atom. The summed E-state index contributed by atoms with van der Waals surface area (Å²) < 4.78 is 10.5. The molecule has 1 aromatic rings. The summed E-state index contributed by atoms with van der Waals surface area (Å²) >= 11 is 0. The number of methoxy groups -OCH3 is 2. The van der Waals surface area contributed by atoms with Crippen molar-refractivity contribution in [3.8, 4) is 11.5 Å². The lowest BCUT2D eigenvalue weighted by Gasteiger charge is -2.21. The van der Waals surface area contributed by atoms with Crippen molar-refractivity contribution in [3.05, 3.63) is 23.3 Å². The zero-order valence-electron chi connectivity index (χ0n) is 10.7. The SMILES string of the molecule is COc1cc(C=O)cc(CC(C)(C)N)c1OC. The van der Waals surface area contributed by atoms with Gasteiger partial charge in [0.2, 0.25) is 0 Å². The molecule has 0 amide bonds. The highest BCUT2D eigenvalue weighted by atomic mass is 16.5. The number of nitrogens with two attached hydrogens (primary N) is 1. The minimum atomic E-state index is -0.375. The first-order chi connectivity index (χ1) is 7.91. The van der Waals surface area contributed by atoms with Crippen LogP contribution in [-0.2, 0) is 6.42 Å². The molecule has 0 saturated heterocycles. The molecule has 0 bridgehead atoms. The van der Waals surface area contributed by atoms with Crippen LogP contribution in [0.4, 0.5) is 0 Å². The van der Waals surface area contributed by atoms with Gasteiger partial charge in [-0.3, -0.25) is 4.79 Å². The van der Waals surface area contributed by atoms with Crippen molar-refractivity contribution in [2.24, 2.45) is 5.73 Å². The van der Waals surface area contributed by atoms with Gasteiger partial charge in [0.1, 0.15) is 6.29 Å². The maximum Gasteiger partial charge on any atom is 0.164 e. The van der Waals surface area contributed by atoms with E-state index in [0.717, 1.165) is 11.8 Å². The predicted molar refractivity (Wildman–Crippen MR) is 66.9 cm³/mol. The molecule has 0 fully saturated rings. The first kappa shape index (κ1) is 13.5. The minimum absolute atomic E-state index is 0.375. The summed E-state index contributed by atoms with van der Waals surface area (Å²) in [4.78, 5) is 10.9. The molecule has 0 saturated carbocycles. The molecule has 0 spiro atoms. The monoisotopic (exact) mass is 237 g/mol. The van der Waals surface area contributed by atoms with Crippen LogP contribution in [0.1, 0.15) is 29.8 Å². The molecular formula is C13H19NO3. The molecule has 0 aliphatic carbocycles. The standard InChI is InChI=1S/C13H19NO3/c1-13(2,14)7-10-5-9(8-15)6-11(16-3)12(10)17-4/h5-6,8H,7,14H2,1-4H3. The molecular weight excluding hydrogens is 218 g/mol. The van der Waals surface area contributed by atoms with Gasteiger partial charge in [0.25, 0.3) is 0 Å². The molecule has 0 aliphatic rings. The maximum absolute atomic E-state index is 10.9. The highest BCUT2D eigenvalue weighted by Crippen LogP contribution is 2.33. The number of hydrogen-bond donors (Lipinski definition) is 1. The number of benzene rings is 1. The Balaban J connectivity index is 3.29. The lowest BCUT2D eigenvalue weighted by Crippen LogP contribution is -2.34. The van der Waals surface area contributed by atoms with Gasteiger partial charge in [-0.05, 0) is 32.4 Å². The van der Waals surface area contributed by atoms with Crippen LogP contribution in [0.2, 0.25) is 0 Å². The molecule has 0 unspecified atom stereocenters. The number of carbonyl (C=O) groups excluding carboxylic acids is 1. The average molecular weight is 237 g/mol. The molecule has 17 heavy (non-hydrogen) atoms. The highest BCUT2D eigenvalue weighted by molar-refractivity contribution is 5.77. The third-order valence-electron chi connectivity index (χ3n) is 2.36. The number of hydrogen-bond acceptors (Lipinski definition) is 4. The minimum Gasteiger partial charge on any atom is -0.493 e. The quantitative estimate of drug-likeness (QED) is 0.793. The first-order valence-corrected chi connectivity index (χ1v) is 5.40. The second-order valence-corrected chi connectivity index (χ2v) is 4.70. The summed E-state index contributed by atoms with van der Waals surface area (Å²) in [6, 6.07) is 3.43. The molecule has 0 atom stereocenters. The van der Waals surface area contributed by atoms with Crippen LogP contribution in [-0.4, -0.2) is 26.0 Å². The van der Waals surface area contributed by atoms with Crippen LogP contribution in [0, 0.1) is 0 Å². The molecule has 1 aromatic carbocycles. The molecule has 4 heteroatoms. The van der Waals surface area contributed by atoms with Crippen molar-refractivity contribution >= 4 is 6.29 Å². The van der Waals surface area contributed by atoms with Crippen molar-refractivity contribution < 1.29 is 14.3 Å². The number of carbonyl (C=O) groups is 1. The zero-order chi connectivity index (χ0) is 13.1. The second kappa shape index (κ2) is 5.19. The molecule has 2 N–H and O–H groups in total. The third-order valence-corrected chi connectivity index (χ3v) is 2.36. The van der Waals surface area contributed by atoms with E-state index in [-0.39, 0.29) is 5.54 Å². The van der Waals surface area contributed by atoms with Gasteiger partial charge in [0.15, 0.2) is 11.5 Å². The van der Waals surface area contributed by atoms with Crippen LogP contribution in [0.25, 0.3) is 0 Å². The highest BCUT2D eigenvalue weighted by Gasteiger charge is 2.18. The first-order valence-electron chi connectivity index (χ1n) is 5.40. The Morgan fingerprint density at radius 3 is 2.35 bits per heavy atom. The smallest absolute Gasteiger partial charge is 0.164 e. The average Bonchev–Trinajstić information content (AvgIpc) is 2.25. The van der Waals surface area contributed by atoms with E-state index in [1.54, 1.807) is 26.4 Å².